The van der Waals surface area contributed by atoms with Gasteiger partial charge in [-0.3, -0.25) is 24.1 Å². The van der Waals surface area contributed by atoms with Crippen molar-refractivity contribution in [3.05, 3.63) is 0 Å². The summed E-state index contributed by atoms with van der Waals surface area (Å²) in [5.74, 6) is -1.56. The molecular weight excluding hydrogens is 200 g/mol. The van der Waals surface area contributed by atoms with Crippen LogP contribution in [0.2, 0.25) is 0 Å². The Kier molecular flexibility index (Phi) is 3.18. The van der Waals surface area contributed by atoms with Crippen molar-refractivity contribution < 1.29 is 19.2 Å². The molecule has 6 heteroatoms. The maximum absolute atomic E-state index is 11.5. The van der Waals surface area contributed by atoms with Gasteiger partial charge in [0, 0.05) is 6.92 Å². The van der Waals surface area contributed by atoms with Crippen LogP contribution in [0.25, 0.3) is 0 Å². The first-order chi connectivity index (χ1) is 6.91. The normalized spacial score (nSPS) is 20.7. The van der Waals surface area contributed by atoms with Gasteiger partial charge in [-0.1, -0.05) is 0 Å². The Morgan fingerprint density at radius 1 is 1.40 bits per heavy atom. The number of imide groups is 1. The highest BCUT2D eigenvalue weighted by atomic mass is 16.2. The number of hydrogen-bond acceptors (Lipinski definition) is 4. The first-order valence-electron chi connectivity index (χ1n) is 4.52. The van der Waals surface area contributed by atoms with E-state index in [1.54, 1.807) is 0 Å². The zero-order chi connectivity index (χ0) is 11.6. The van der Waals surface area contributed by atoms with E-state index < -0.39 is 17.9 Å². The Hall–Kier alpha value is -1.72. The number of rotatable bonds is 3. The topological polar surface area (TPSA) is 83.6 Å². The summed E-state index contributed by atoms with van der Waals surface area (Å²) in [7, 11) is 0. The zero-order valence-electron chi connectivity index (χ0n) is 8.57. The van der Waals surface area contributed by atoms with Gasteiger partial charge in [0.15, 0.2) is 0 Å². The number of likely N-dealkylation sites (tertiary alicyclic amines) is 1. The van der Waals surface area contributed by atoms with Crippen LogP contribution in [0.4, 0.5) is 0 Å². The van der Waals surface area contributed by atoms with Gasteiger partial charge in [-0.2, -0.15) is 0 Å². The molecule has 6 nitrogen and oxygen atoms in total. The predicted molar refractivity (Wildman–Crippen MR) is 49.6 cm³/mol. The van der Waals surface area contributed by atoms with Crippen molar-refractivity contribution in [2.24, 2.45) is 0 Å². The van der Waals surface area contributed by atoms with Gasteiger partial charge in [0.2, 0.25) is 11.8 Å². The molecular formula is C9H12N2O4. The molecule has 1 N–H and O–H groups in total. The van der Waals surface area contributed by atoms with Crippen LogP contribution in [0.15, 0.2) is 0 Å². The average molecular weight is 212 g/mol. The maximum Gasteiger partial charge on any atom is 0.252 e. The highest BCUT2D eigenvalue weighted by Crippen LogP contribution is 2.12. The fraction of sp³-hybridized carbons (Fsp3) is 0.556. The number of Topliss-reactive ketones (excluding diaryl/α,β-unsaturated/α-hetero) is 1. The highest BCUT2D eigenvalue weighted by Gasteiger charge is 2.39. The van der Waals surface area contributed by atoms with E-state index >= 15 is 0 Å². The SMILES string of the molecule is CC(=O)CN1C(=O)C[C@@H](NC(C)=O)C1=O. The number of nitrogens with one attached hydrogen (secondary N) is 1. The Labute approximate surface area is 86.6 Å². The lowest BCUT2D eigenvalue weighted by molar-refractivity contribution is -0.142. The van der Waals surface area contributed by atoms with Crippen molar-refractivity contribution in [2.75, 3.05) is 6.54 Å². The van der Waals surface area contributed by atoms with Gasteiger partial charge in [0.05, 0.1) is 13.0 Å². The number of carbonyl (C=O) groups excluding carboxylic acids is 4. The Morgan fingerprint density at radius 2 is 2.00 bits per heavy atom. The van der Waals surface area contributed by atoms with Crippen molar-refractivity contribution in [1.82, 2.24) is 10.2 Å². The lowest BCUT2D eigenvalue weighted by Gasteiger charge is -2.12. The lowest BCUT2D eigenvalue weighted by atomic mass is 10.2. The molecule has 0 bridgehead atoms. The second kappa shape index (κ2) is 4.20. The fourth-order valence-corrected chi connectivity index (χ4v) is 1.43. The van der Waals surface area contributed by atoms with Crippen molar-refractivity contribution >= 4 is 23.5 Å². The van der Waals surface area contributed by atoms with Crippen molar-refractivity contribution in [3.63, 3.8) is 0 Å². The van der Waals surface area contributed by atoms with Gasteiger partial charge in [0.25, 0.3) is 5.91 Å². The number of hydrogen-bond donors (Lipinski definition) is 1. The minimum atomic E-state index is -0.811. The molecule has 1 saturated heterocycles. The van der Waals surface area contributed by atoms with E-state index in [0.29, 0.717) is 0 Å². The Balaban J connectivity index is 2.70. The van der Waals surface area contributed by atoms with Crippen molar-refractivity contribution in [1.29, 1.82) is 0 Å². The molecule has 15 heavy (non-hydrogen) atoms. The molecule has 82 valence electrons. The fourth-order valence-electron chi connectivity index (χ4n) is 1.43. The van der Waals surface area contributed by atoms with Crippen LogP contribution in [-0.4, -0.2) is 41.0 Å². The number of nitrogens with zero attached hydrogens (tertiary/aromatic N) is 1. The van der Waals surface area contributed by atoms with Crippen LogP contribution in [0.5, 0.6) is 0 Å². The molecule has 0 aliphatic carbocycles. The van der Waals surface area contributed by atoms with E-state index in [1.165, 1.54) is 13.8 Å². The summed E-state index contributed by atoms with van der Waals surface area (Å²) in [6, 6.07) is -0.811. The van der Waals surface area contributed by atoms with Gasteiger partial charge in [-0.15, -0.1) is 0 Å². The van der Waals surface area contributed by atoms with Gasteiger partial charge in [0.1, 0.15) is 11.8 Å². The number of ketones is 1. The van der Waals surface area contributed by atoms with E-state index in [4.69, 9.17) is 0 Å². The molecule has 1 atom stereocenters. The predicted octanol–water partition coefficient (Wildman–Crippen LogP) is -1.16. The second-order valence-electron chi connectivity index (χ2n) is 3.48. The monoisotopic (exact) mass is 212 g/mol. The second-order valence-corrected chi connectivity index (χ2v) is 3.48. The summed E-state index contributed by atoms with van der Waals surface area (Å²) in [4.78, 5) is 45.2. The average Bonchev–Trinajstić information content (AvgIpc) is 2.31. The smallest absolute Gasteiger partial charge is 0.252 e. The Morgan fingerprint density at radius 3 is 2.47 bits per heavy atom. The first-order valence-corrected chi connectivity index (χ1v) is 4.52. The quantitative estimate of drug-likeness (QED) is 0.598. The summed E-state index contributed by atoms with van der Waals surface area (Å²) in [6.07, 6.45) is -0.0638. The van der Waals surface area contributed by atoms with E-state index in [0.717, 1.165) is 4.90 Å². The van der Waals surface area contributed by atoms with E-state index in [1.807, 2.05) is 0 Å². The molecule has 0 unspecified atom stereocenters. The largest absolute Gasteiger partial charge is 0.344 e. The number of carbonyl (C=O) groups is 4. The zero-order valence-corrected chi connectivity index (χ0v) is 8.57. The van der Waals surface area contributed by atoms with Crippen LogP contribution in [-0.2, 0) is 19.2 Å². The molecule has 0 aromatic rings. The molecule has 1 fully saturated rings. The Bertz CT molecular complexity index is 337. The van der Waals surface area contributed by atoms with Crippen molar-refractivity contribution in [3.8, 4) is 0 Å². The van der Waals surface area contributed by atoms with E-state index in [9.17, 15) is 19.2 Å². The van der Waals surface area contributed by atoms with Gasteiger partial charge in [-0.05, 0) is 6.92 Å². The summed E-state index contributed by atoms with van der Waals surface area (Å²) >= 11 is 0. The van der Waals surface area contributed by atoms with Crippen molar-refractivity contribution in [2.45, 2.75) is 26.3 Å². The minimum Gasteiger partial charge on any atom is -0.344 e. The van der Waals surface area contributed by atoms with Crippen LogP contribution >= 0.6 is 0 Å². The summed E-state index contributed by atoms with van der Waals surface area (Å²) in [5, 5.41) is 2.36. The van der Waals surface area contributed by atoms with Gasteiger partial charge in [-0.25, -0.2) is 0 Å². The molecule has 0 radical (unpaired) electrons. The standard InChI is InChI=1S/C9H12N2O4/c1-5(12)4-11-8(14)3-7(9(11)15)10-6(2)13/h7H,3-4H2,1-2H3,(H,10,13)/t7-/m1/s1. The summed E-state index contributed by atoms with van der Waals surface area (Å²) in [5.41, 5.74) is 0. The third-order valence-electron chi connectivity index (χ3n) is 2.00. The molecule has 1 rings (SSSR count). The van der Waals surface area contributed by atoms with E-state index in [-0.39, 0.29) is 24.7 Å². The van der Waals surface area contributed by atoms with Crippen LogP contribution in [0.3, 0.4) is 0 Å². The molecule has 3 amide bonds. The molecule has 1 aliphatic heterocycles. The van der Waals surface area contributed by atoms with Crippen LogP contribution in [0, 0.1) is 0 Å². The first kappa shape index (κ1) is 11.4. The van der Waals surface area contributed by atoms with Crippen LogP contribution in [0.1, 0.15) is 20.3 Å². The molecule has 1 aliphatic rings. The minimum absolute atomic E-state index is 0.0638. The maximum atomic E-state index is 11.5. The molecule has 1 heterocycles. The molecule has 0 spiro atoms. The summed E-state index contributed by atoms with van der Waals surface area (Å²) < 4.78 is 0. The van der Waals surface area contributed by atoms with Crippen LogP contribution < -0.4 is 5.32 Å². The lowest BCUT2D eigenvalue weighted by Crippen LogP contribution is -2.42. The summed E-state index contributed by atoms with van der Waals surface area (Å²) in [6.45, 7) is 2.35. The van der Waals surface area contributed by atoms with Gasteiger partial charge < -0.3 is 5.32 Å². The molecule has 0 saturated carbocycles. The molecule has 0 aromatic heterocycles. The number of amides is 3. The highest BCUT2D eigenvalue weighted by molar-refractivity contribution is 6.08. The third-order valence-corrected chi connectivity index (χ3v) is 2.00. The third kappa shape index (κ3) is 2.61. The van der Waals surface area contributed by atoms with Gasteiger partial charge >= 0.3 is 0 Å². The van der Waals surface area contributed by atoms with E-state index in [2.05, 4.69) is 5.32 Å². The molecule has 0 aromatic carbocycles.